The van der Waals surface area contributed by atoms with Gasteiger partial charge in [0.1, 0.15) is 12.4 Å². The zero-order chi connectivity index (χ0) is 15.8. The van der Waals surface area contributed by atoms with Gasteiger partial charge < -0.3 is 9.84 Å². The highest BCUT2D eigenvalue weighted by atomic mass is 16.5. The zero-order valence-electron chi connectivity index (χ0n) is 13.3. The van der Waals surface area contributed by atoms with Crippen LogP contribution >= 0.6 is 0 Å². The minimum atomic E-state index is 0.143. The first-order valence-electron chi connectivity index (χ1n) is 7.61. The molecule has 0 spiro atoms. The number of pyridine rings is 1. The van der Waals surface area contributed by atoms with Crippen LogP contribution in [-0.4, -0.2) is 41.3 Å². The van der Waals surface area contributed by atoms with Crippen LogP contribution in [0.25, 0.3) is 0 Å². The Bertz CT molecular complexity index is 573. The van der Waals surface area contributed by atoms with E-state index in [-0.39, 0.29) is 6.61 Å². The van der Waals surface area contributed by atoms with Crippen LogP contribution in [0.5, 0.6) is 5.75 Å². The molecule has 1 heterocycles. The summed E-state index contributed by atoms with van der Waals surface area (Å²) in [6.07, 6.45) is 3.62. The molecule has 0 aliphatic carbocycles. The standard InChI is InChI=1S/C18H24N2O2/c1-15-5-6-16(2)18(12-15)22-11-9-20(8-10-21)14-17-4-3-7-19-13-17/h3-7,12-13,21H,8-11,14H2,1-2H3. The number of nitrogens with zero attached hydrogens (tertiary/aromatic N) is 2. The van der Waals surface area contributed by atoms with Crippen LogP contribution in [0, 0.1) is 13.8 Å². The molecule has 0 aliphatic rings. The van der Waals surface area contributed by atoms with Gasteiger partial charge in [-0.05, 0) is 42.7 Å². The Labute approximate surface area is 132 Å². The van der Waals surface area contributed by atoms with Crippen LogP contribution in [0.4, 0.5) is 0 Å². The molecule has 0 unspecified atom stereocenters. The van der Waals surface area contributed by atoms with Gasteiger partial charge in [0.15, 0.2) is 0 Å². The number of hydrogen-bond donors (Lipinski definition) is 1. The number of aliphatic hydroxyl groups is 1. The summed E-state index contributed by atoms with van der Waals surface area (Å²) < 4.78 is 5.89. The smallest absolute Gasteiger partial charge is 0.122 e. The lowest BCUT2D eigenvalue weighted by Crippen LogP contribution is -2.30. The van der Waals surface area contributed by atoms with E-state index >= 15 is 0 Å². The number of benzene rings is 1. The second-order valence-electron chi connectivity index (χ2n) is 5.48. The van der Waals surface area contributed by atoms with E-state index in [1.54, 1.807) is 6.20 Å². The highest BCUT2D eigenvalue weighted by Gasteiger charge is 2.07. The Morgan fingerprint density at radius 3 is 2.77 bits per heavy atom. The molecule has 1 aromatic carbocycles. The summed E-state index contributed by atoms with van der Waals surface area (Å²) in [5.74, 6) is 0.935. The van der Waals surface area contributed by atoms with Gasteiger partial charge in [0.2, 0.25) is 0 Å². The maximum absolute atomic E-state index is 9.21. The van der Waals surface area contributed by atoms with Gasteiger partial charge in [-0.1, -0.05) is 18.2 Å². The van der Waals surface area contributed by atoms with Gasteiger partial charge in [-0.15, -0.1) is 0 Å². The number of ether oxygens (including phenoxy) is 1. The third kappa shape index (κ3) is 5.13. The molecule has 0 radical (unpaired) electrons. The SMILES string of the molecule is Cc1ccc(C)c(OCCN(CCO)Cc2cccnc2)c1. The van der Waals surface area contributed by atoms with Gasteiger partial charge in [0.05, 0.1) is 6.61 Å². The van der Waals surface area contributed by atoms with Crippen molar-refractivity contribution in [1.29, 1.82) is 0 Å². The summed E-state index contributed by atoms with van der Waals surface area (Å²) in [6, 6.07) is 10.2. The van der Waals surface area contributed by atoms with Crippen LogP contribution in [0.15, 0.2) is 42.7 Å². The average molecular weight is 300 g/mol. The zero-order valence-corrected chi connectivity index (χ0v) is 13.3. The van der Waals surface area contributed by atoms with Crippen molar-refractivity contribution in [3.05, 3.63) is 59.4 Å². The van der Waals surface area contributed by atoms with Crippen molar-refractivity contribution in [2.24, 2.45) is 0 Å². The molecule has 2 aromatic rings. The van der Waals surface area contributed by atoms with E-state index in [1.165, 1.54) is 5.56 Å². The number of aliphatic hydroxyl groups excluding tert-OH is 1. The summed E-state index contributed by atoms with van der Waals surface area (Å²) in [6.45, 7) is 7.02. The van der Waals surface area contributed by atoms with Crippen LogP contribution in [0.2, 0.25) is 0 Å². The largest absolute Gasteiger partial charge is 0.492 e. The van der Waals surface area contributed by atoms with E-state index in [2.05, 4.69) is 41.9 Å². The quantitative estimate of drug-likeness (QED) is 0.814. The molecule has 0 saturated heterocycles. The summed E-state index contributed by atoms with van der Waals surface area (Å²) >= 11 is 0. The lowest BCUT2D eigenvalue weighted by molar-refractivity contribution is 0.162. The molecule has 0 amide bonds. The number of aromatic nitrogens is 1. The fourth-order valence-corrected chi connectivity index (χ4v) is 2.31. The van der Waals surface area contributed by atoms with Crippen molar-refractivity contribution in [3.8, 4) is 5.75 Å². The van der Waals surface area contributed by atoms with Gasteiger partial charge >= 0.3 is 0 Å². The highest BCUT2D eigenvalue weighted by Crippen LogP contribution is 2.19. The molecule has 0 bridgehead atoms. The molecular formula is C18H24N2O2. The fourth-order valence-electron chi connectivity index (χ4n) is 2.31. The molecule has 2 rings (SSSR count). The Morgan fingerprint density at radius 2 is 2.05 bits per heavy atom. The van der Waals surface area contributed by atoms with E-state index in [1.807, 2.05) is 18.3 Å². The molecular weight excluding hydrogens is 276 g/mol. The van der Waals surface area contributed by atoms with Crippen molar-refractivity contribution in [2.45, 2.75) is 20.4 Å². The topological polar surface area (TPSA) is 45.6 Å². The van der Waals surface area contributed by atoms with Crippen LogP contribution in [-0.2, 0) is 6.54 Å². The first-order chi connectivity index (χ1) is 10.7. The minimum Gasteiger partial charge on any atom is -0.492 e. The summed E-state index contributed by atoms with van der Waals surface area (Å²) in [5.41, 5.74) is 3.48. The van der Waals surface area contributed by atoms with E-state index in [9.17, 15) is 5.11 Å². The normalized spacial score (nSPS) is 10.9. The lowest BCUT2D eigenvalue weighted by atomic mass is 10.1. The fraction of sp³-hybridized carbons (Fsp3) is 0.389. The molecule has 0 aliphatic heterocycles. The van der Waals surface area contributed by atoms with Gasteiger partial charge in [-0.25, -0.2) is 0 Å². The molecule has 0 fully saturated rings. The van der Waals surface area contributed by atoms with Crippen molar-refractivity contribution >= 4 is 0 Å². The van der Waals surface area contributed by atoms with Crippen molar-refractivity contribution in [1.82, 2.24) is 9.88 Å². The third-order valence-corrected chi connectivity index (χ3v) is 3.55. The van der Waals surface area contributed by atoms with Gasteiger partial charge in [0.25, 0.3) is 0 Å². The maximum Gasteiger partial charge on any atom is 0.122 e. The number of hydrogen-bond acceptors (Lipinski definition) is 4. The molecule has 0 atom stereocenters. The Balaban J connectivity index is 1.87. The number of rotatable bonds is 8. The highest BCUT2D eigenvalue weighted by molar-refractivity contribution is 5.35. The second kappa shape index (κ2) is 8.51. The van der Waals surface area contributed by atoms with E-state index < -0.39 is 0 Å². The van der Waals surface area contributed by atoms with Gasteiger partial charge in [-0.2, -0.15) is 0 Å². The molecule has 22 heavy (non-hydrogen) atoms. The molecule has 118 valence electrons. The molecule has 1 N–H and O–H groups in total. The second-order valence-corrected chi connectivity index (χ2v) is 5.48. The predicted octanol–water partition coefficient (Wildman–Crippen LogP) is 2.57. The Morgan fingerprint density at radius 1 is 1.18 bits per heavy atom. The van der Waals surface area contributed by atoms with Crippen LogP contribution in [0.3, 0.4) is 0 Å². The van der Waals surface area contributed by atoms with Crippen LogP contribution < -0.4 is 4.74 Å². The first kappa shape index (κ1) is 16.5. The summed E-state index contributed by atoms with van der Waals surface area (Å²) in [5, 5.41) is 9.21. The van der Waals surface area contributed by atoms with E-state index in [0.717, 1.165) is 30.0 Å². The summed E-state index contributed by atoms with van der Waals surface area (Å²) in [4.78, 5) is 6.30. The van der Waals surface area contributed by atoms with E-state index in [4.69, 9.17) is 4.74 Å². The predicted molar refractivity (Wildman–Crippen MR) is 88.0 cm³/mol. The van der Waals surface area contributed by atoms with Gasteiger partial charge in [-0.3, -0.25) is 9.88 Å². The minimum absolute atomic E-state index is 0.143. The monoisotopic (exact) mass is 300 g/mol. The summed E-state index contributed by atoms with van der Waals surface area (Å²) in [7, 11) is 0. The lowest BCUT2D eigenvalue weighted by Gasteiger charge is -2.21. The Hall–Kier alpha value is -1.91. The van der Waals surface area contributed by atoms with Crippen molar-refractivity contribution in [2.75, 3.05) is 26.3 Å². The molecule has 4 nitrogen and oxygen atoms in total. The van der Waals surface area contributed by atoms with Crippen LogP contribution in [0.1, 0.15) is 16.7 Å². The average Bonchev–Trinajstić information content (AvgIpc) is 2.52. The van der Waals surface area contributed by atoms with Crippen molar-refractivity contribution in [3.63, 3.8) is 0 Å². The first-order valence-corrected chi connectivity index (χ1v) is 7.61. The third-order valence-electron chi connectivity index (χ3n) is 3.55. The Kier molecular flexibility index (Phi) is 6.37. The molecule has 4 heteroatoms. The number of aryl methyl sites for hydroxylation is 2. The van der Waals surface area contributed by atoms with Gasteiger partial charge in [0, 0.05) is 32.0 Å². The maximum atomic E-state index is 9.21. The van der Waals surface area contributed by atoms with E-state index in [0.29, 0.717) is 13.2 Å². The van der Waals surface area contributed by atoms with Crippen molar-refractivity contribution < 1.29 is 9.84 Å². The molecule has 0 saturated carbocycles. The molecule has 1 aromatic heterocycles.